The molecule has 1 fully saturated rings. The molecule has 1 aliphatic heterocycles. The van der Waals surface area contributed by atoms with E-state index in [9.17, 15) is 13.6 Å². The summed E-state index contributed by atoms with van der Waals surface area (Å²) in [5, 5.41) is 3.07. The highest BCUT2D eigenvalue weighted by Crippen LogP contribution is 2.32. The molecule has 1 N–H and O–H groups in total. The summed E-state index contributed by atoms with van der Waals surface area (Å²) < 4.78 is 32.2. The van der Waals surface area contributed by atoms with Crippen LogP contribution in [0.3, 0.4) is 0 Å². The Morgan fingerprint density at radius 1 is 1.30 bits per heavy atom. The topological polar surface area (TPSA) is 38.3 Å². The lowest BCUT2D eigenvalue weighted by Crippen LogP contribution is -2.32. The molecule has 0 aliphatic carbocycles. The molecule has 1 heterocycles. The fraction of sp³-hybridized carbons (Fsp3) is 0.533. The van der Waals surface area contributed by atoms with Gasteiger partial charge in [-0.1, -0.05) is 6.07 Å². The number of hydrogen-bond donors (Lipinski definition) is 1. The van der Waals surface area contributed by atoms with Crippen LogP contribution in [-0.2, 0) is 9.53 Å². The Labute approximate surface area is 117 Å². The normalized spacial score (nSPS) is 22.9. The number of esters is 1. The highest BCUT2D eigenvalue weighted by atomic mass is 19.1. The molecule has 0 spiro atoms. The van der Waals surface area contributed by atoms with E-state index in [1.807, 2.05) is 0 Å². The molecule has 2 atom stereocenters. The van der Waals surface area contributed by atoms with Gasteiger partial charge in [-0.25, -0.2) is 8.78 Å². The van der Waals surface area contributed by atoms with Crippen LogP contribution in [0.15, 0.2) is 18.2 Å². The number of nitrogens with one attached hydrogen (secondary N) is 1. The zero-order valence-corrected chi connectivity index (χ0v) is 11.9. The first kappa shape index (κ1) is 14.9. The van der Waals surface area contributed by atoms with Crippen LogP contribution in [-0.4, -0.2) is 24.7 Å². The molecule has 3 nitrogen and oxygen atoms in total. The summed E-state index contributed by atoms with van der Waals surface area (Å²) >= 11 is 0. The summed E-state index contributed by atoms with van der Waals surface area (Å²) in [7, 11) is 0. The number of hydrogen-bond acceptors (Lipinski definition) is 3. The Bertz CT molecular complexity index is 511. The Morgan fingerprint density at radius 3 is 2.60 bits per heavy atom. The van der Waals surface area contributed by atoms with Gasteiger partial charge in [-0.15, -0.1) is 0 Å². The van der Waals surface area contributed by atoms with E-state index in [4.69, 9.17) is 4.74 Å². The first-order valence-corrected chi connectivity index (χ1v) is 6.66. The van der Waals surface area contributed by atoms with Crippen LogP contribution in [0.1, 0.15) is 32.3 Å². The lowest BCUT2D eigenvalue weighted by Gasteiger charge is -2.24. The van der Waals surface area contributed by atoms with Crippen LogP contribution < -0.4 is 5.32 Å². The maximum absolute atomic E-state index is 13.9. The molecule has 0 radical (unpaired) electrons. The average Bonchev–Trinajstić information content (AvgIpc) is 2.75. The van der Waals surface area contributed by atoms with Crippen LogP contribution in [0.5, 0.6) is 0 Å². The van der Waals surface area contributed by atoms with E-state index in [-0.39, 0.29) is 11.9 Å². The average molecular weight is 283 g/mol. The summed E-state index contributed by atoms with van der Waals surface area (Å²) in [6, 6.07) is 3.46. The van der Waals surface area contributed by atoms with E-state index in [2.05, 4.69) is 5.32 Å². The van der Waals surface area contributed by atoms with E-state index in [1.54, 1.807) is 20.8 Å². The van der Waals surface area contributed by atoms with E-state index >= 15 is 0 Å². The number of carbonyl (C=O) groups is 1. The van der Waals surface area contributed by atoms with Crippen molar-refractivity contribution >= 4 is 5.97 Å². The van der Waals surface area contributed by atoms with Gasteiger partial charge in [0.1, 0.15) is 17.2 Å². The number of benzene rings is 1. The number of ether oxygens (including phenoxy) is 1. The first-order valence-electron chi connectivity index (χ1n) is 6.66. The molecular weight excluding hydrogens is 264 g/mol. The van der Waals surface area contributed by atoms with E-state index in [1.165, 1.54) is 12.1 Å². The van der Waals surface area contributed by atoms with Gasteiger partial charge in [0.25, 0.3) is 0 Å². The molecule has 0 bridgehead atoms. The van der Waals surface area contributed by atoms with Crippen molar-refractivity contribution in [2.24, 2.45) is 5.92 Å². The second kappa shape index (κ2) is 5.48. The quantitative estimate of drug-likeness (QED) is 0.848. The number of rotatable bonds is 2. The van der Waals surface area contributed by atoms with Crippen molar-refractivity contribution in [1.29, 1.82) is 0 Å². The molecule has 110 valence electrons. The predicted octanol–water partition coefficient (Wildman–Crippen LogP) is 2.61. The minimum atomic E-state index is -0.619. The van der Waals surface area contributed by atoms with E-state index in [0.717, 1.165) is 6.07 Å². The summed E-state index contributed by atoms with van der Waals surface area (Å²) in [6.45, 7) is 6.30. The SMILES string of the molecule is CC(C)(C)OC(=O)C1CNCC1c1ccc(F)cc1F. The lowest BCUT2D eigenvalue weighted by atomic mass is 9.88. The molecule has 1 aromatic rings. The fourth-order valence-corrected chi connectivity index (χ4v) is 2.43. The second-order valence-corrected chi connectivity index (χ2v) is 6.07. The van der Waals surface area contributed by atoms with Crippen molar-refractivity contribution in [3.05, 3.63) is 35.4 Å². The van der Waals surface area contributed by atoms with Crippen molar-refractivity contribution in [3.8, 4) is 0 Å². The zero-order chi connectivity index (χ0) is 14.9. The van der Waals surface area contributed by atoms with Gasteiger partial charge in [-0.2, -0.15) is 0 Å². The molecule has 0 aromatic heterocycles. The van der Waals surface area contributed by atoms with Crippen LogP contribution in [0.2, 0.25) is 0 Å². The van der Waals surface area contributed by atoms with E-state index < -0.39 is 23.2 Å². The van der Waals surface area contributed by atoms with Gasteiger partial charge in [0, 0.05) is 25.1 Å². The molecule has 20 heavy (non-hydrogen) atoms. The molecular formula is C15H19F2NO2. The molecule has 2 rings (SSSR count). The first-order chi connectivity index (χ1) is 9.28. The van der Waals surface area contributed by atoms with Crippen LogP contribution in [0.25, 0.3) is 0 Å². The minimum Gasteiger partial charge on any atom is -0.460 e. The fourth-order valence-electron chi connectivity index (χ4n) is 2.43. The second-order valence-electron chi connectivity index (χ2n) is 6.07. The van der Waals surface area contributed by atoms with Crippen molar-refractivity contribution in [2.75, 3.05) is 13.1 Å². The largest absolute Gasteiger partial charge is 0.460 e. The molecule has 0 amide bonds. The van der Waals surface area contributed by atoms with Crippen molar-refractivity contribution < 1.29 is 18.3 Å². The molecule has 5 heteroatoms. The maximum Gasteiger partial charge on any atom is 0.311 e. The Kier molecular flexibility index (Phi) is 4.09. The van der Waals surface area contributed by atoms with Gasteiger partial charge < -0.3 is 10.1 Å². The number of halogens is 2. The lowest BCUT2D eigenvalue weighted by molar-refractivity contribution is -0.159. The highest BCUT2D eigenvalue weighted by molar-refractivity contribution is 5.75. The molecule has 0 saturated carbocycles. The van der Waals surface area contributed by atoms with Crippen LogP contribution >= 0.6 is 0 Å². The molecule has 1 aliphatic rings. The maximum atomic E-state index is 13.9. The highest BCUT2D eigenvalue weighted by Gasteiger charge is 2.38. The standard InChI is InChI=1S/C15H19F2NO2/c1-15(2,3)20-14(19)12-8-18-7-11(12)10-5-4-9(16)6-13(10)17/h4-6,11-12,18H,7-8H2,1-3H3. The van der Waals surface area contributed by atoms with Gasteiger partial charge in [-0.3, -0.25) is 4.79 Å². The monoisotopic (exact) mass is 283 g/mol. The Hall–Kier alpha value is -1.49. The van der Waals surface area contributed by atoms with Gasteiger partial charge >= 0.3 is 5.97 Å². The summed E-state index contributed by atoms with van der Waals surface area (Å²) in [5.41, 5.74) is -0.224. The third-order valence-corrected chi connectivity index (χ3v) is 3.29. The molecule has 2 unspecified atom stereocenters. The third-order valence-electron chi connectivity index (χ3n) is 3.29. The van der Waals surface area contributed by atoms with Crippen molar-refractivity contribution in [1.82, 2.24) is 5.32 Å². The number of carbonyl (C=O) groups excluding carboxylic acids is 1. The van der Waals surface area contributed by atoms with Gasteiger partial charge in [-0.05, 0) is 32.4 Å². The molecule has 1 aromatic carbocycles. The minimum absolute atomic E-state index is 0.328. The van der Waals surface area contributed by atoms with Crippen LogP contribution in [0, 0.1) is 17.6 Å². The Morgan fingerprint density at radius 2 is 2.00 bits per heavy atom. The zero-order valence-electron chi connectivity index (χ0n) is 11.9. The van der Waals surface area contributed by atoms with Gasteiger partial charge in [0.05, 0.1) is 5.92 Å². The van der Waals surface area contributed by atoms with Gasteiger partial charge in [0.15, 0.2) is 0 Å². The predicted molar refractivity (Wildman–Crippen MR) is 71.3 cm³/mol. The smallest absolute Gasteiger partial charge is 0.311 e. The van der Waals surface area contributed by atoms with Crippen molar-refractivity contribution in [2.45, 2.75) is 32.3 Å². The Balaban J connectivity index is 2.21. The van der Waals surface area contributed by atoms with Gasteiger partial charge in [0.2, 0.25) is 0 Å². The summed E-state index contributed by atoms with van der Waals surface area (Å²) in [5.74, 6) is -2.37. The van der Waals surface area contributed by atoms with E-state index in [0.29, 0.717) is 18.7 Å². The molecule has 1 saturated heterocycles. The summed E-state index contributed by atoms with van der Waals surface area (Å²) in [6.07, 6.45) is 0. The van der Waals surface area contributed by atoms with Crippen LogP contribution in [0.4, 0.5) is 8.78 Å². The third kappa shape index (κ3) is 3.33. The summed E-state index contributed by atoms with van der Waals surface area (Å²) in [4.78, 5) is 12.2. The van der Waals surface area contributed by atoms with Crippen molar-refractivity contribution in [3.63, 3.8) is 0 Å².